The van der Waals surface area contributed by atoms with Gasteiger partial charge in [0.1, 0.15) is 0 Å². The topological polar surface area (TPSA) is 21.3 Å². The molecule has 4 aliphatic carbocycles. The summed E-state index contributed by atoms with van der Waals surface area (Å²) in [6.45, 7) is 3.67. The van der Waals surface area contributed by atoms with Gasteiger partial charge >= 0.3 is 0 Å². The quantitative estimate of drug-likeness (QED) is 0.567. The van der Waals surface area contributed by atoms with Gasteiger partial charge in [0.2, 0.25) is 0 Å². The van der Waals surface area contributed by atoms with Crippen molar-refractivity contribution in [1.82, 2.24) is 5.32 Å². The highest BCUT2D eigenvalue weighted by atomic mass is 16.5. The zero-order valence-electron chi connectivity index (χ0n) is 9.80. The van der Waals surface area contributed by atoms with E-state index in [0.717, 1.165) is 31.1 Å². The van der Waals surface area contributed by atoms with Crippen LogP contribution in [0.1, 0.15) is 45.4 Å². The van der Waals surface area contributed by atoms with Crippen LogP contribution in [0.3, 0.4) is 0 Å². The number of ether oxygens (including phenoxy) is 1. The molecular formula is C13H23NO. The van der Waals surface area contributed by atoms with Crippen LogP contribution in [-0.4, -0.2) is 18.9 Å². The molecule has 0 saturated heterocycles. The van der Waals surface area contributed by atoms with E-state index in [0.29, 0.717) is 5.54 Å². The Kier molecular flexibility index (Phi) is 2.52. The molecule has 0 aromatic carbocycles. The minimum atomic E-state index is 0.476. The third-order valence-corrected chi connectivity index (χ3v) is 4.79. The molecule has 0 heterocycles. The van der Waals surface area contributed by atoms with Gasteiger partial charge in [-0.25, -0.2) is 0 Å². The molecule has 0 unspecified atom stereocenters. The van der Waals surface area contributed by atoms with Crippen LogP contribution in [0.2, 0.25) is 0 Å². The van der Waals surface area contributed by atoms with Crippen LogP contribution >= 0.6 is 0 Å². The number of hydrogen-bond acceptors (Lipinski definition) is 2. The summed E-state index contributed by atoms with van der Waals surface area (Å²) in [5.74, 6) is 3.10. The van der Waals surface area contributed by atoms with Crippen molar-refractivity contribution < 1.29 is 4.74 Å². The lowest BCUT2D eigenvalue weighted by atomic mass is 9.53. The molecule has 86 valence electrons. The molecule has 0 spiro atoms. The predicted octanol–water partition coefficient (Wildman–Crippen LogP) is 2.54. The number of rotatable bonds is 4. The standard InChI is InChI=1S/C13H23NO/c1-2-15-9-14-13-6-10-3-11(7-13)5-12(4-10)8-13/h10-12,14H,2-9H2,1H3. The normalized spacial score (nSPS) is 47.4. The minimum Gasteiger partial charge on any atom is -0.367 e. The van der Waals surface area contributed by atoms with E-state index in [9.17, 15) is 0 Å². The monoisotopic (exact) mass is 209 g/mol. The summed E-state index contributed by atoms with van der Waals surface area (Å²) in [6, 6.07) is 0. The molecule has 4 saturated carbocycles. The van der Waals surface area contributed by atoms with Crippen molar-refractivity contribution in [1.29, 1.82) is 0 Å². The highest BCUT2D eigenvalue weighted by Crippen LogP contribution is 2.55. The van der Waals surface area contributed by atoms with Gasteiger partial charge in [0.15, 0.2) is 0 Å². The largest absolute Gasteiger partial charge is 0.367 e. The van der Waals surface area contributed by atoms with Crippen LogP contribution in [0.4, 0.5) is 0 Å². The van der Waals surface area contributed by atoms with Crippen molar-refractivity contribution in [3.05, 3.63) is 0 Å². The molecule has 4 rings (SSSR count). The van der Waals surface area contributed by atoms with Crippen molar-refractivity contribution in [2.45, 2.75) is 51.0 Å². The van der Waals surface area contributed by atoms with E-state index in [1.807, 2.05) is 0 Å². The van der Waals surface area contributed by atoms with Crippen molar-refractivity contribution >= 4 is 0 Å². The van der Waals surface area contributed by atoms with Gasteiger partial charge in [-0.15, -0.1) is 0 Å². The van der Waals surface area contributed by atoms with Gasteiger partial charge in [-0.2, -0.15) is 0 Å². The van der Waals surface area contributed by atoms with Crippen LogP contribution in [-0.2, 0) is 4.74 Å². The van der Waals surface area contributed by atoms with Crippen LogP contribution in [0.5, 0.6) is 0 Å². The third-order valence-electron chi connectivity index (χ3n) is 4.79. The predicted molar refractivity (Wildman–Crippen MR) is 60.5 cm³/mol. The van der Waals surface area contributed by atoms with Gasteiger partial charge in [-0.1, -0.05) is 0 Å². The van der Waals surface area contributed by atoms with Gasteiger partial charge in [0.05, 0.1) is 6.73 Å². The van der Waals surface area contributed by atoms with E-state index in [1.54, 1.807) is 0 Å². The first-order valence-corrected chi connectivity index (χ1v) is 6.62. The number of hydrogen-bond donors (Lipinski definition) is 1. The Bertz CT molecular complexity index is 203. The third kappa shape index (κ3) is 1.83. The summed E-state index contributed by atoms with van der Waals surface area (Å²) in [5, 5.41) is 3.71. The lowest BCUT2D eigenvalue weighted by molar-refractivity contribution is -0.0376. The molecule has 0 aromatic heterocycles. The highest BCUT2D eigenvalue weighted by molar-refractivity contribution is 5.05. The molecule has 1 N–H and O–H groups in total. The Morgan fingerprint density at radius 3 is 2.07 bits per heavy atom. The van der Waals surface area contributed by atoms with Crippen molar-refractivity contribution in [3.8, 4) is 0 Å². The Morgan fingerprint density at radius 1 is 1.07 bits per heavy atom. The summed E-state index contributed by atoms with van der Waals surface area (Å²) >= 11 is 0. The fourth-order valence-corrected chi connectivity index (χ4v) is 4.63. The Hall–Kier alpha value is -0.0800. The van der Waals surface area contributed by atoms with E-state index in [2.05, 4.69) is 12.2 Å². The molecule has 4 aliphatic rings. The van der Waals surface area contributed by atoms with Gasteiger partial charge < -0.3 is 4.74 Å². The summed E-state index contributed by atoms with van der Waals surface area (Å²) in [5.41, 5.74) is 0.476. The van der Waals surface area contributed by atoms with E-state index in [1.165, 1.54) is 38.5 Å². The van der Waals surface area contributed by atoms with E-state index >= 15 is 0 Å². The summed E-state index contributed by atoms with van der Waals surface area (Å²) < 4.78 is 5.46. The molecule has 0 atom stereocenters. The molecule has 2 heteroatoms. The molecule has 2 nitrogen and oxygen atoms in total. The van der Waals surface area contributed by atoms with Gasteiger partial charge in [0.25, 0.3) is 0 Å². The Labute approximate surface area is 92.8 Å². The van der Waals surface area contributed by atoms with Gasteiger partial charge in [0, 0.05) is 12.1 Å². The second-order valence-electron chi connectivity index (χ2n) is 6.01. The van der Waals surface area contributed by atoms with Crippen LogP contribution < -0.4 is 5.32 Å². The average Bonchev–Trinajstić information content (AvgIpc) is 2.15. The first-order chi connectivity index (χ1) is 7.30. The SMILES string of the molecule is CCOCNC12CC3CC(CC(C3)C1)C2. The van der Waals surface area contributed by atoms with Crippen molar-refractivity contribution in [2.24, 2.45) is 17.8 Å². The lowest BCUT2D eigenvalue weighted by Crippen LogP contribution is -2.58. The van der Waals surface area contributed by atoms with E-state index in [-0.39, 0.29) is 0 Å². The smallest absolute Gasteiger partial charge is 0.0969 e. The maximum atomic E-state index is 5.46. The van der Waals surface area contributed by atoms with Crippen LogP contribution in [0, 0.1) is 17.8 Å². The summed E-state index contributed by atoms with van der Waals surface area (Å²) in [6.07, 6.45) is 8.84. The van der Waals surface area contributed by atoms with E-state index < -0.39 is 0 Å². The van der Waals surface area contributed by atoms with E-state index in [4.69, 9.17) is 4.74 Å². The van der Waals surface area contributed by atoms with Crippen LogP contribution in [0.25, 0.3) is 0 Å². The minimum absolute atomic E-state index is 0.476. The fraction of sp³-hybridized carbons (Fsp3) is 1.00. The van der Waals surface area contributed by atoms with Gasteiger partial charge in [-0.05, 0) is 63.2 Å². The lowest BCUT2D eigenvalue weighted by Gasteiger charge is -2.57. The first kappa shape index (κ1) is 10.1. The molecular weight excluding hydrogens is 186 g/mol. The molecule has 0 radical (unpaired) electrons. The maximum Gasteiger partial charge on any atom is 0.0969 e. The second kappa shape index (κ2) is 3.74. The van der Waals surface area contributed by atoms with Crippen molar-refractivity contribution in [2.75, 3.05) is 13.3 Å². The summed E-state index contributed by atoms with van der Waals surface area (Å²) in [4.78, 5) is 0. The Morgan fingerprint density at radius 2 is 1.60 bits per heavy atom. The molecule has 0 aromatic rings. The highest BCUT2D eigenvalue weighted by Gasteiger charge is 2.50. The average molecular weight is 209 g/mol. The zero-order chi connectivity index (χ0) is 10.3. The molecule has 15 heavy (non-hydrogen) atoms. The summed E-state index contributed by atoms with van der Waals surface area (Å²) in [7, 11) is 0. The molecule has 4 fully saturated rings. The maximum absolute atomic E-state index is 5.46. The van der Waals surface area contributed by atoms with Crippen LogP contribution in [0.15, 0.2) is 0 Å². The zero-order valence-corrected chi connectivity index (χ0v) is 9.80. The fourth-order valence-electron chi connectivity index (χ4n) is 4.63. The van der Waals surface area contributed by atoms with Gasteiger partial charge in [-0.3, -0.25) is 5.32 Å². The molecule has 0 aliphatic heterocycles. The molecule has 4 bridgehead atoms. The first-order valence-electron chi connectivity index (χ1n) is 6.62. The number of nitrogens with one attached hydrogen (secondary N) is 1. The van der Waals surface area contributed by atoms with Crippen molar-refractivity contribution in [3.63, 3.8) is 0 Å². The molecule has 0 amide bonds. The second-order valence-corrected chi connectivity index (χ2v) is 6.01. The Balaban J connectivity index is 1.65.